The van der Waals surface area contributed by atoms with Crippen LogP contribution in [-0.4, -0.2) is 33.9 Å². The van der Waals surface area contributed by atoms with Crippen LogP contribution in [0.4, 0.5) is 8.78 Å². The van der Waals surface area contributed by atoms with Crippen molar-refractivity contribution in [2.45, 2.75) is 18.6 Å². The van der Waals surface area contributed by atoms with E-state index in [4.69, 9.17) is 5.73 Å². The van der Waals surface area contributed by atoms with Gasteiger partial charge in [0.05, 0.1) is 0 Å². The van der Waals surface area contributed by atoms with Crippen molar-refractivity contribution in [1.29, 1.82) is 0 Å². The van der Waals surface area contributed by atoms with Gasteiger partial charge in [0, 0.05) is 13.1 Å². The van der Waals surface area contributed by atoms with Crippen molar-refractivity contribution < 1.29 is 13.0 Å². The third-order valence-corrected chi connectivity index (χ3v) is 3.49. The van der Waals surface area contributed by atoms with Crippen molar-refractivity contribution in [2.75, 3.05) is 19.6 Å². The van der Waals surface area contributed by atoms with Crippen LogP contribution in [0.2, 0.25) is 0 Å². The van der Waals surface area contributed by atoms with Crippen LogP contribution in [0.1, 0.15) is 12.8 Å². The molecule has 13 heavy (non-hydrogen) atoms. The second-order valence-corrected chi connectivity index (χ2v) is 4.57. The highest BCUT2D eigenvalue weighted by atomic mass is 32.2. The van der Waals surface area contributed by atoms with E-state index in [1.165, 1.54) is 4.31 Å². The first kappa shape index (κ1) is 11.0. The summed E-state index contributed by atoms with van der Waals surface area (Å²) in [4.78, 5) is 0. The number of rotatable bonds is 3. The smallest absolute Gasteiger partial charge is 0.325 e. The Labute approximate surface area is 78.9 Å². The molecule has 0 aromatic carbocycles. The zero-order valence-corrected chi connectivity index (χ0v) is 8.10. The predicted molar refractivity (Wildman–Crippen MR) is 47.5 cm³/mol. The van der Waals surface area contributed by atoms with E-state index in [2.05, 4.69) is 0 Å². The molecule has 0 amide bonds. The minimum Gasteiger partial charge on any atom is -0.330 e. The molecular weight excluding hydrogens is 198 g/mol. The van der Waals surface area contributed by atoms with E-state index in [0.29, 0.717) is 25.6 Å². The monoisotopic (exact) mass is 212 g/mol. The maximum absolute atomic E-state index is 12.0. The highest BCUT2D eigenvalue weighted by molar-refractivity contribution is 7.82. The number of nitrogens with zero attached hydrogens (tertiary/aromatic N) is 1. The fourth-order valence-electron chi connectivity index (χ4n) is 1.44. The Kier molecular flexibility index (Phi) is 4.21. The zero-order chi connectivity index (χ0) is 9.84. The normalized spacial score (nSPS) is 23.7. The molecule has 2 N–H and O–H groups in total. The van der Waals surface area contributed by atoms with E-state index in [-0.39, 0.29) is 0 Å². The van der Waals surface area contributed by atoms with Gasteiger partial charge in [-0.25, -0.2) is 8.51 Å². The van der Waals surface area contributed by atoms with Crippen molar-refractivity contribution in [3.8, 4) is 0 Å². The molecule has 0 aliphatic carbocycles. The van der Waals surface area contributed by atoms with E-state index in [9.17, 15) is 13.0 Å². The second-order valence-electron chi connectivity index (χ2n) is 3.14. The molecule has 1 unspecified atom stereocenters. The Morgan fingerprint density at radius 3 is 2.38 bits per heavy atom. The van der Waals surface area contributed by atoms with Gasteiger partial charge >= 0.3 is 5.76 Å². The minimum atomic E-state index is -2.76. The van der Waals surface area contributed by atoms with E-state index in [1.807, 2.05) is 0 Å². The minimum absolute atomic E-state index is 0.408. The quantitative estimate of drug-likeness (QED) is 0.742. The topological polar surface area (TPSA) is 46.3 Å². The van der Waals surface area contributed by atoms with E-state index >= 15 is 0 Å². The van der Waals surface area contributed by atoms with Gasteiger partial charge in [0.1, 0.15) is 0 Å². The summed E-state index contributed by atoms with van der Waals surface area (Å²) < 4.78 is 36.3. The van der Waals surface area contributed by atoms with Gasteiger partial charge in [0.25, 0.3) is 0 Å². The van der Waals surface area contributed by atoms with Crippen LogP contribution in [0, 0.1) is 5.92 Å². The summed E-state index contributed by atoms with van der Waals surface area (Å²) in [5, 5.41) is 0. The number of halogens is 2. The lowest BCUT2D eigenvalue weighted by Gasteiger charge is -2.29. The molecule has 0 spiro atoms. The van der Waals surface area contributed by atoms with Gasteiger partial charge in [-0.15, -0.1) is 0 Å². The molecule has 1 atom stereocenters. The first-order valence-corrected chi connectivity index (χ1v) is 5.46. The van der Waals surface area contributed by atoms with Crippen LogP contribution in [0.3, 0.4) is 0 Å². The lowest BCUT2D eigenvalue weighted by molar-refractivity contribution is 0.219. The van der Waals surface area contributed by atoms with Gasteiger partial charge in [-0.3, -0.25) is 0 Å². The maximum Gasteiger partial charge on any atom is 0.325 e. The highest BCUT2D eigenvalue weighted by Crippen LogP contribution is 2.19. The lowest BCUT2D eigenvalue weighted by atomic mass is 9.99. The Balaban J connectivity index is 2.36. The Morgan fingerprint density at radius 1 is 1.46 bits per heavy atom. The lowest BCUT2D eigenvalue weighted by Crippen LogP contribution is -2.39. The molecule has 0 radical (unpaired) electrons. The standard InChI is InChI=1S/C7H14F2N2OS/c8-7(9)13(12)11-3-1-6(5-10)2-4-11/h6-7H,1-5,10H2. The molecule has 1 heterocycles. The molecule has 0 saturated carbocycles. The first-order valence-electron chi connectivity index (χ1n) is 4.29. The fourth-order valence-corrected chi connectivity index (χ4v) is 2.23. The van der Waals surface area contributed by atoms with E-state index < -0.39 is 16.7 Å². The predicted octanol–water partition coefficient (Wildman–Crippen LogP) is 0.543. The van der Waals surface area contributed by atoms with Crippen LogP contribution in [0.15, 0.2) is 0 Å². The molecule has 78 valence electrons. The molecule has 1 aliphatic heterocycles. The molecule has 1 fully saturated rings. The maximum atomic E-state index is 12.0. The van der Waals surface area contributed by atoms with Crippen LogP contribution < -0.4 is 5.73 Å². The zero-order valence-electron chi connectivity index (χ0n) is 7.29. The third kappa shape index (κ3) is 2.96. The van der Waals surface area contributed by atoms with E-state index in [1.54, 1.807) is 0 Å². The SMILES string of the molecule is NCC1CCN(S(=O)C(F)F)CC1. The van der Waals surface area contributed by atoms with Gasteiger partial charge in [0.15, 0.2) is 11.0 Å². The highest BCUT2D eigenvalue weighted by Gasteiger charge is 2.26. The van der Waals surface area contributed by atoms with Crippen molar-refractivity contribution in [3.63, 3.8) is 0 Å². The van der Waals surface area contributed by atoms with Gasteiger partial charge in [0.2, 0.25) is 0 Å². The Morgan fingerprint density at radius 2 is 2.00 bits per heavy atom. The van der Waals surface area contributed by atoms with Crippen LogP contribution in [0.5, 0.6) is 0 Å². The van der Waals surface area contributed by atoms with Crippen molar-refractivity contribution in [2.24, 2.45) is 11.7 Å². The van der Waals surface area contributed by atoms with Crippen LogP contribution >= 0.6 is 0 Å². The Bertz CT molecular complexity index is 183. The summed E-state index contributed by atoms with van der Waals surface area (Å²) in [6.45, 7) is 1.53. The summed E-state index contributed by atoms with van der Waals surface area (Å²) in [6.07, 6.45) is 1.55. The molecule has 0 bridgehead atoms. The van der Waals surface area contributed by atoms with Crippen molar-refractivity contribution in [3.05, 3.63) is 0 Å². The van der Waals surface area contributed by atoms with E-state index in [0.717, 1.165) is 12.8 Å². The summed E-state index contributed by atoms with van der Waals surface area (Å²) in [7, 11) is -2.12. The molecule has 6 heteroatoms. The molecule has 1 rings (SSSR count). The molecular formula is C7H14F2N2OS. The summed E-state index contributed by atoms with van der Waals surface area (Å²) in [6, 6.07) is 0. The second kappa shape index (κ2) is 4.97. The largest absolute Gasteiger partial charge is 0.330 e. The van der Waals surface area contributed by atoms with Crippen LogP contribution in [0.25, 0.3) is 0 Å². The number of hydrogen-bond donors (Lipinski definition) is 1. The third-order valence-electron chi connectivity index (χ3n) is 2.31. The van der Waals surface area contributed by atoms with Gasteiger partial charge in [-0.05, 0) is 25.3 Å². The number of piperidine rings is 1. The van der Waals surface area contributed by atoms with Crippen LogP contribution in [-0.2, 0) is 11.0 Å². The molecule has 3 nitrogen and oxygen atoms in total. The average Bonchev–Trinajstić information content (AvgIpc) is 2.17. The fraction of sp³-hybridized carbons (Fsp3) is 1.00. The number of alkyl halides is 2. The van der Waals surface area contributed by atoms with Crippen molar-refractivity contribution >= 4 is 11.0 Å². The van der Waals surface area contributed by atoms with Gasteiger partial charge < -0.3 is 5.73 Å². The molecule has 0 aromatic heterocycles. The molecule has 0 aromatic rings. The summed E-state index contributed by atoms with van der Waals surface area (Å²) in [5.74, 6) is -2.35. The Hall–Kier alpha value is -0.0700. The number of nitrogens with two attached hydrogens (primary N) is 1. The number of hydrogen-bond acceptors (Lipinski definition) is 2. The van der Waals surface area contributed by atoms with Crippen molar-refractivity contribution in [1.82, 2.24) is 4.31 Å². The average molecular weight is 212 g/mol. The summed E-state index contributed by atoms with van der Waals surface area (Å²) >= 11 is 0. The van der Waals surface area contributed by atoms with Gasteiger partial charge in [-0.2, -0.15) is 8.78 Å². The first-order chi connectivity index (χ1) is 6.15. The van der Waals surface area contributed by atoms with Gasteiger partial charge in [-0.1, -0.05) is 0 Å². The molecule has 1 saturated heterocycles. The molecule has 1 aliphatic rings. The summed E-state index contributed by atoms with van der Waals surface area (Å²) in [5.41, 5.74) is 5.44.